The maximum absolute atomic E-state index is 12.2. The number of aliphatic hydroxyl groups is 1. The Morgan fingerprint density at radius 2 is 1.47 bits per heavy atom. The van der Waals surface area contributed by atoms with Gasteiger partial charge in [-0.2, -0.15) is 0 Å². The predicted octanol–water partition coefficient (Wildman–Crippen LogP) is -1.94. The van der Waals surface area contributed by atoms with Gasteiger partial charge in [-0.3, -0.25) is 13.9 Å². The van der Waals surface area contributed by atoms with Crippen molar-refractivity contribution in [2.75, 3.05) is 31.4 Å². The second kappa shape index (κ2) is 18.5. The molecule has 1 atom stereocenters. The van der Waals surface area contributed by atoms with E-state index in [0.717, 1.165) is 6.41 Å². The SMILES string of the molecule is N[C@@H](Cc1ccc([N+](C=O)(CCCl)CCCl)cc1)C(=O)NCCC(O)(P(=O)(O)O)P(=O)(O)O.[NaH].[NaH].[NaH]. The summed E-state index contributed by atoms with van der Waals surface area (Å²) in [7, 11) is -11.2. The van der Waals surface area contributed by atoms with Crippen molar-refractivity contribution in [2.24, 2.45) is 5.73 Å². The normalized spacial score (nSPS) is 12.9. The van der Waals surface area contributed by atoms with Crippen molar-refractivity contribution >= 4 is 145 Å². The molecule has 1 rings (SSSR count). The van der Waals surface area contributed by atoms with Gasteiger partial charge in [0.05, 0.1) is 17.8 Å². The number of carbonyl (C=O) groups excluding carboxylic acids is 2. The number of nitrogens with zero attached hydrogens (tertiary/aromatic N) is 1. The molecule has 36 heavy (non-hydrogen) atoms. The molecule has 0 spiro atoms. The van der Waals surface area contributed by atoms with E-state index in [1.807, 2.05) is 0 Å². The van der Waals surface area contributed by atoms with E-state index in [9.17, 15) is 23.8 Å². The first-order valence-electron chi connectivity index (χ1n) is 9.59. The maximum atomic E-state index is 12.2. The van der Waals surface area contributed by atoms with Gasteiger partial charge >= 0.3 is 110 Å². The van der Waals surface area contributed by atoms with Gasteiger partial charge in [0, 0.05) is 13.0 Å². The molecule has 0 aromatic heterocycles. The number of nitrogens with two attached hydrogens (primary N) is 1. The molecule has 12 nitrogen and oxygen atoms in total. The molecule has 8 N–H and O–H groups in total. The van der Waals surface area contributed by atoms with Crippen LogP contribution in [-0.4, -0.2) is 168 Å². The molecule has 19 heteroatoms. The van der Waals surface area contributed by atoms with E-state index in [1.54, 1.807) is 24.3 Å². The van der Waals surface area contributed by atoms with Crippen LogP contribution in [0.2, 0.25) is 0 Å². The summed E-state index contributed by atoms with van der Waals surface area (Å²) in [6, 6.07) is 5.61. The zero-order valence-electron chi connectivity index (χ0n) is 17.5. The molecule has 0 saturated heterocycles. The molecule has 0 fully saturated rings. The van der Waals surface area contributed by atoms with E-state index in [-0.39, 0.29) is 111 Å². The Labute approximate surface area is 285 Å². The summed E-state index contributed by atoms with van der Waals surface area (Å²) in [6.07, 6.45) is -0.281. The third-order valence-electron chi connectivity index (χ3n) is 5.10. The second-order valence-corrected chi connectivity index (χ2v) is 12.1. The van der Waals surface area contributed by atoms with Crippen molar-refractivity contribution in [3.63, 3.8) is 0 Å². The van der Waals surface area contributed by atoms with E-state index < -0.39 is 45.2 Å². The van der Waals surface area contributed by atoms with Crippen molar-refractivity contribution in [3.05, 3.63) is 29.8 Å². The Morgan fingerprint density at radius 3 is 1.83 bits per heavy atom. The summed E-state index contributed by atoms with van der Waals surface area (Å²) in [5.74, 6) is -0.288. The van der Waals surface area contributed by atoms with Gasteiger partial charge in [-0.05, 0) is 24.1 Å². The van der Waals surface area contributed by atoms with Gasteiger partial charge in [0.15, 0.2) is 0 Å². The van der Waals surface area contributed by atoms with Crippen LogP contribution in [0.5, 0.6) is 0 Å². The van der Waals surface area contributed by atoms with Crippen LogP contribution in [0.25, 0.3) is 0 Å². The van der Waals surface area contributed by atoms with E-state index >= 15 is 0 Å². The minimum absolute atomic E-state index is 0. The molecule has 0 aliphatic rings. The first-order valence-corrected chi connectivity index (χ1v) is 13.9. The molecule has 1 aromatic carbocycles. The number of alkyl halides is 2. The average molecular weight is 623 g/mol. The van der Waals surface area contributed by atoms with Gasteiger partial charge in [0.25, 0.3) is 5.08 Å². The second-order valence-electron chi connectivity index (χ2n) is 7.35. The number of rotatable bonds is 14. The Hall–Kier alpha value is 2.12. The predicted molar refractivity (Wildman–Crippen MR) is 145 cm³/mol. The fraction of sp³-hybridized carbons (Fsp3) is 0.529. The van der Waals surface area contributed by atoms with Crippen LogP contribution in [-0.2, 0) is 25.1 Å². The molecule has 0 radical (unpaired) electrons. The Bertz CT molecular complexity index is 894. The number of hydrogen-bond acceptors (Lipinski definition) is 6. The molecule has 0 saturated carbocycles. The number of carbonyl (C=O) groups is 2. The summed E-state index contributed by atoms with van der Waals surface area (Å²) < 4.78 is 22.6. The Kier molecular flexibility index (Phi) is 21.9. The van der Waals surface area contributed by atoms with Crippen molar-refractivity contribution in [2.45, 2.75) is 24.0 Å². The molecule has 194 valence electrons. The van der Waals surface area contributed by atoms with Crippen LogP contribution in [0.4, 0.5) is 5.69 Å². The van der Waals surface area contributed by atoms with Crippen LogP contribution < -0.4 is 15.5 Å². The third-order valence-corrected chi connectivity index (χ3v) is 9.32. The van der Waals surface area contributed by atoms with Crippen LogP contribution in [0, 0.1) is 0 Å². The molecular weight excluding hydrogens is 592 g/mol. The summed E-state index contributed by atoms with van der Waals surface area (Å²) in [5, 5.41) is 8.38. The number of amides is 2. The van der Waals surface area contributed by atoms with Crippen LogP contribution in [0.15, 0.2) is 24.3 Å². The van der Waals surface area contributed by atoms with Gasteiger partial charge in [-0.15, -0.1) is 23.2 Å². The minimum atomic E-state index is -5.61. The number of benzene rings is 1. The number of hydrogen-bond donors (Lipinski definition) is 7. The number of quaternary nitrogens is 1. The molecular formula is C17H31Cl2N3Na3O9P2+. The number of halogens is 2. The van der Waals surface area contributed by atoms with E-state index in [0.29, 0.717) is 24.3 Å². The van der Waals surface area contributed by atoms with E-state index in [2.05, 4.69) is 5.32 Å². The average Bonchev–Trinajstić information content (AvgIpc) is 2.72. The molecule has 0 bridgehead atoms. The molecule has 0 heterocycles. The topological polar surface area (TPSA) is 207 Å². The summed E-state index contributed by atoms with van der Waals surface area (Å²) in [4.78, 5) is 60.3. The quantitative estimate of drug-likeness (QED) is 0.0401. The van der Waals surface area contributed by atoms with Gasteiger partial charge in [0.2, 0.25) is 5.91 Å². The molecule has 0 aliphatic heterocycles. The number of nitrogens with one attached hydrogen (secondary N) is 1. The first-order chi connectivity index (χ1) is 15.2. The van der Waals surface area contributed by atoms with Crippen molar-refractivity contribution < 1.29 is 43.4 Å². The molecule has 2 amide bonds. The standard InChI is InChI=1S/C17H27Cl2N3O9P2.3Na.3H/c18-6-9-22(12-23,10-7-19)14-3-1-13(2-4-14)11-15(20)16(24)21-8-5-17(25,32(26,27)28)33(29,30)31;;;;;;/h1-4,12,15,25H,5-11,20H2,(H4-,21,24,26,27,28,29,30,31);;;;;;/p+1/t15-;;;;;;/m0....../s1. The van der Waals surface area contributed by atoms with Gasteiger partial charge in [-0.1, -0.05) is 12.1 Å². The van der Waals surface area contributed by atoms with Gasteiger partial charge in [0.1, 0.15) is 18.8 Å². The summed E-state index contributed by atoms with van der Waals surface area (Å²) in [5.41, 5.74) is 7.14. The van der Waals surface area contributed by atoms with Crippen molar-refractivity contribution in [1.82, 2.24) is 9.80 Å². The molecule has 0 unspecified atom stereocenters. The Balaban J connectivity index is -0.00000363. The van der Waals surface area contributed by atoms with Crippen LogP contribution >= 0.6 is 38.4 Å². The van der Waals surface area contributed by atoms with Crippen LogP contribution in [0.1, 0.15) is 12.0 Å². The van der Waals surface area contributed by atoms with Crippen molar-refractivity contribution in [1.29, 1.82) is 0 Å². The zero-order valence-corrected chi connectivity index (χ0v) is 20.8. The fourth-order valence-electron chi connectivity index (χ4n) is 3.06. The summed E-state index contributed by atoms with van der Waals surface area (Å²) >= 11 is 11.6. The molecule has 1 aromatic rings. The Morgan fingerprint density at radius 1 is 1.03 bits per heavy atom. The molecule has 0 aliphatic carbocycles. The van der Waals surface area contributed by atoms with Crippen molar-refractivity contribution in [3.8, 4) is 0 Å². The summed E-state index contributed by atoms with van der Waals surface area (Å²) in [6.45, 7) is 0.0393. The monoisotopic (exact) mass is 622 g/mol. The first kappa shape index (κ1) is 42.6. The van der Waals surface area contributed by atoms with E-state index in [4.69, 9.17) is 48.5 Å². The zero-order chi connectivity index (χ0) is 25.5. The van der Waals surface area contributed by atoms with Gasteiger partial charge in [-0.25, -0.2) is 9.28 Å². The van der Waals surface area contributed by atoms with Crippen LogP contribution in [0.3, 0.4) is 0 Å². The van der Waals surface area contributed by atoms with Gasteiger partial charge < -0.3 is 35.7 Å². The third kappa shape index (κ3) is 11.5. The fourth-order valence-corrected chi connectivity index (χ4v) is 5.83. The van der Waals surface area contributed by atoms with E-state index in [1.165, 1.54) is 0 Å².